The van der Waals surface area contributed by atoms with E-state index in [2.05, 4.69) is 10.3 Å². The number of aromatic nitrogens is 1. The summed E-state index contributed by atoms with van der Waals surface area (Å²) in [6, 6.07) is 0. The number of amides is 1. The number of nitrogen functional groups attached to an aromatic ring is 1. The molecule has 3 rings (SSSR count). The fraction of sp³-hybridized carbons (Fsp3) is 0.692. The molecule has 1 heterocycles. The van der Waals surface area contributed by atoms with Gasteiger partial charge in [-0.05, 0) is 25.7 Å². The molecule has 0 aliphatic heterocycles. The predicted octanol–water partition coefficient (Wildman–Crippen LogP) is 3.12. The Morgan fingerprint density at radius 3 is 2.61 bits per heavy atom. The summed E-state index contributed by atoms with van der Waals surface area (Å²) in [5.41, 5.74) is 7.06. The van der Waals surface area contributed by atoms with Crippen molar-refractivity contribution in [3.8, 4) is 0 Å². The Bertz CT molecular complexity index is 447. The monoisotopic (exact) mass is 265 g/mol. The standard InChI is InChI=1S/C13H19N3OS/c14-11-10(8-4-2-1-3-5-8)15-13(18-11)16-12(17)9-6-7-9/h8-9H,1-7,14H2,(H,15,16,17). The van der Waals surface area contributed by atoms with Crippen molar-refractivity contribution in [3.05, 3.63) is 5.69 Å². The van der Waals surface area contributed by atoms with Crippen LogP contribution in [-0.2, 0) is 4.79 Å². The van der Waals surface area contributed by atoms with Crippen LogP contribution in [0.15, 0.2) is 0 Å². The average molecular weight is 265 g/mol. The lowest BCUT2D eigenvalue weighted by molar-refractivity contribution is -0.117. The van der Waals surface area contributed by atoms with Crippen LogP contribution in [0.1, 0.15) is 56.6 Å². The molecule has 1 amide bonds. The van der Waals surface area contributed by atoms with Gasteiger partial charge in [-0.25, -0.2) is 4.98 Å². The molecule has 3 N–H and O–H groups in total. The van der Waals surface area contributed by atoms with Crippen LogP contribution in [0.3, 0.4) is 0 Å². The summed E-state index contributed by atoms with van der Waals surface area (Å²) < 4.78 is 0. The second-order valence-corrected chi connectivity index (χ2v) is 6.40. The lowest BCUT2D eigenvalue weighted by atomic mass is 9.87. The van der Waals surface area contributed by atoms with Crippen LogP contribution in [0.4, 0.5) is 10.1 Å². The van der Waals surface area contributed by atoms with Gasteiger partial charge in [0.1, 0.15) is 5.00 Å². The maximum absolute atomic E-state index is 11.7. The first-order valence-electron chi connectivity index (χ1n) is 6.81. The highest BCUT2D eigenvalue weighted by molar-refractivity contribution is 7.19. The van der Waals surface area contributed by atoms with Crippen molar-refractivity contribution < 1.29 is 4.79 Å². The molecule has 0 atom stereocenters. The molecule has 1 aromatic rings. The Labute approximate surface area is 111 Å². The van der Waals surface area contributed by atoms with Crippen molar-refractivity contribution in [1.29, 1.82) is 0 Å². The van der Waals surface area contributed by atoms with E-state index in [9.17, 15) is 4.79 Å². The number of anilines is 2. The van der Waals surface area contributed by atoms with E-state index in [0.29, 0.717) is 11.0 Å². The van der Waals surface area contributed by atoms with Crippen LogP contribution >= 0.6 is 11.3 Å². The summed E-state index contributed by atoms with van der Waals surface area (Å²) in [5, 5.41) is 4.36. The molecule has 18 heavy (non-hydrogen) atoms. The van der Waals surface area contributed by atoms with Crippen LogP contribution in [0.2, 0.25) is 0 Å². The first-order chi connectivity index (χ1) is 8.74. The molecule has 2 saturated carbocycles. The van der Waals surface area contributed by atoms with Gasteiger partial charge in [-0.2, -0.15) is 0 Å². The SMILES string of the molecule is Nc1sc(NC(=O)C2CC2)nc1C1CCCCC1. The molecule has 4 nitrogen and oxygen atoms in total. The first kappa shape index (κ1) is 12.0. The number of carbonyl (C=O) groups is 1. The maximum atomic E-state index is 11.7. The second-order valence-electron chi connectivity index (χ2n) is 5.37. The van der Waals surface area contributed by atoms with Crippen LogP contribution in [0.25, 0.3) is 0 Å². The molecule has 0 radical (unpaired) electrons. The summed E-state index contributed by atoms with van der Waals surface area (Å²) in [6.45, 7) is 0. The van der Waals surface area contributed by atoms with Crippen LogP contribution in [0, 0.1) is 5.92 Å². The van der Waals surface area contributed by atoms with Gasteiger partial charge in [0.05, 0.1) is 5.69 Å². The van der Waals surface area contributed by atoms with E-state index in [1.165, 1.54) is 43.4 Å². The third-order valence-electron chi connectivity index (χ3n) is 3.85. The Morgan fingerprint density at radius 2 is 1.94 bits per heavy atom. The van der Waals surface area contributed by atoms with E-state index >= 15 is 0 Å². The number of hydrogen-bond acceptors (Lipinski definition) is 4. The largest absolute Gasteiger partial charge is 0.389 e. The normalized spacial score (nSPS) is 20.9. The lowest BCUT2D eigenvalue weighted by Gasteiger charge is -2.20. The van der Waals surface area contributed by atoms with Crippen molar-refractivity contribution in [2.45, 2.75) is 50.9 Å². The van der Waals surface area contributed by atoms with Gasteiger partial charge >= 0.3 is 0 Å². The second kappa shape index (κ2) is 4.88. The van der Waals surface area contributed by atoms with Gasteiger partial charge < -0.3 is 11.1 Å². The highest BCUT2D eigenvalue weighted by atomic mass is 32.1. The fourth-order valence-corrected chi connectivity index (χ4v) is 3.44. The predicted molar refractivity (Wildman–Crippen MR) is 73.7 cm³/mol. The molecule has 1 aromatic heterocycles. The first-order valence-corrected chi connectivity index (χ1v) is 7.63. The number of hydrogen-bond donors (Lipinski definition) is 2. The molecule has 2 aliphatic carbocycles. The maximum Gasteiger partial charge on any atom is 0.229 e. The van der Waals surface area contributed by atoms with Crippen molar-refractivity contribution in [2.24, 2.45) is 5.92 Å². The molecule has 5 heteroatoms. The minimum atomic E-state index is 0.110. The minimum Gasteiger partial charge on any atom is -0.389 e. The summed E-state index contributed by atoms with van der Waals surface area (Å²) in [6.07, 6.45) is 8.26. The number of carbonyl (C=O) groups excluding carboxylic acids is 1. The highest BCUT2D eigenvalue weighted by Gasteiger charge is 2.30. The van der Waals surface area contributed by atoms with Gasteiger partial charge in [-0.15, -0.1) is 0 Å². The number of thiazole rings is 1. The number of rotatable bonds is 3. The van der Waals surface area contributed by atoms with Crippen LogP contribution in [-0.4, -0.2) is 10.9 Å². The van der Waals surface area contributed by atoms with Gasteiger partial charge in [0, 0.05) is 11.8 Å². The van der Waals surface area contributed by atoms with E-state index in [1.807, 2.05) is 0 Å². The summed E-state index contributed by atoms with van der Waals surface area (Å²) >= 11 is 1.42. The van der Waals surface area contributed by atoms with Gasteiger partial charge in [-0.1, -0.05) is 30.6 Å². The Balaban J connectivity index is 1.70. The molecule has 0 bridgehead atoms. The van der Waals surface area contributed by atoms with Crippen LogP contribution < -0.4 is 11.1 Å². The van der Waals surface area contributed by atoms with Gasteiger partial charge in [0.25, 0.3) is 0 Å². The molecule has 98 valence electrons. The Hall–Kier alpha value is -1.10. The zero-order valence-electron chi connectivity index (χ0n) is 10.4. The Kier molecular flexibility index (Phi) is 3.24. The molecular formula is C13H19N3OS. The van der Waals surface area contributed by atoms with E-state index < -0.39 is 0 Å². The van der Waals surface area contributed by atoms with E-state index in [4.69, 9.17) is 5.73 Å². The number of nitrogens with one attached hydrogen (secondary N) is 1. The topological polar surface area (TPSA) is 68.0 Å². The molecule has 0 unspecified atom stereocenters. The third kappa shape index (κ3) is 2.51. The van der Waals surface area contributed by atoms with Crippen molar-refractivity contribution >= 4 is 27.4 Å². The molecular weight excluding hydrogens is 246 g/mol. The van der Waals surface area contributed by atoms with E-state index in [1.54, 1.807) is 0 Å². The lowest BCUT2D eigenvalue weighted by Crippen LogP contribution is -2.13. The summed E-state index contributed by atoms with van der Waals surface area (Å²) in [4.78, 5) is 16.2. The quantitative estimate of drug-likeness (QED) is 0.882. The van der Waals surface area contributed by atoms with E-state index in [-0.39, 0.29) is 11.8 Å². The van der Waals surface area contributed by atoms with Crippen molar-refractivity contribution in [2.75, 3.05) is 11.1 Å². The number of nitrogens with zero attached hydrogens (tertiary/aromatic N) is 1. The average Bonchev–Trinajstić information content (AvgIpc) is 3.16. The number of nitrogens with two attached hydrogens (primary N) is 1. The van der Waals surface area contributed by atoms with E-state index in [0.717, 1.165) is 23.5 Å². The molecule has 0 saturated heterocycles. The minimum absolute atomic E-state index is 0.110. The van der Waals surface area contributed by atoms with Gasteiger partial charge in [0.15, 0.2) is 5.13 Å². The van der Waals surface area contributed by atoms with Crippen molar-refractivity contribution in [3.63, 3.8) is 0 Å². The van der Waals surface area contributed by atoms with Gasteiger partial charge in [-0.3, -0.25) is 4.79 Å². The zero-order chi connectivity index (χ0) is 12.5. The molecule has 0 aromatic carbocycles. The molecule has 2 aliphatic rings. The Morgan fingerprint density at radius 1 is 1.22 bits per heavy atom. The summed E-state index contributed by atoms with van der Waals surface area (Å²) in [5.74, 6) is 0.828. The van der Waals surface area contributed by atoms with Crippen LogP contribution in [0.5, 0.6) is 0 Å². The molecule has 2 fully saturated rings. The van der Waals surface area contributed by atoms with Gasteiger partial charge in [0.2, 0.25) is 5.91 Å². The molecule has 0 spiro atoms. The smallest absolute Gasteiger partial charge is 0.229 e. The fourth-order valence-electron chi connectivity index (χ4n) is 2.62. The van der Waals surface area contributed by atoms with Crippen molar-refractivity contribution in [1.82, 2.24) is 4.98 Å². The third-order valence-corrected chi connectivity index (χ3v) is 4.67. The zero-order valence-corrected chi connectivity index (χ0v) is 11.3. The summed E-state index contributed by atoms with van der Waals surface area (Å²) in [7, 11) is 0. The highest BCUT2D eigenvalue weighted by Crippen LogP contribution is 2.39.